The van der Waals surface area contributed by atoms with Gasteiger partial charge in [0, 0.05) is 72.2 Å². The first-order chi connectivity index (χ1) is 24.5. The second kappa shape index (κ2) is 13.9. The van der Waals surface area contributed by atoms with Gasteiger partial charge in [-0.2, -0.15) is 0 Å². The molecule has 0 saturated carbocycles. The number of para-hydroxylation sites is 1. The number of urea groups is 1. The number of pyridine rings is 2. The second-order valence-corrected chi connectivity index (χ2v) is 13.6. The van der Waals surface area contributed by atoms with E-state index in [-0.39, 0.29) is 18.0 Å². The first-order valence-corrected chi connectivity index (χ1v) is 17.7. The van der Waals surface area contributed by atoms with E-state index in [1.165, 1.54) is 35.2 Å². The van der Waals surface area contributed by atoms with Gasteiger partial charge in [0.05, 0.1) is 23.8 Å². The third-order valence-electron chi connectivity index (χ3n) is 10.0. The summed E-state index contributed by atoms with van der Waals surface area (Å²) in [5.41, 5.74) is 9.02. The number of benzene rings is 2. The maximum absolute atomic E-state index is 13.1. The summed E-state index contributed by atoms with van der Waals surface area (Å²) in [6, 6.07) is 17.4. The average Bonchev–Trinajstić information content (AvgIpc) is 3.69. The molecule has 0 bridgehead atoms. The summed E-state index contributed by atoms with van der Waals surface area (Å²) in [6.45, 7) is 3.46. The zero-order chi connectivity index (χ0) is 34.0. The summed E-state index contributed by atoms with van der Waals surface area (Å²) < 4.78 is 1.89. The Labute approximate surface area is 291 Å². The predicted octanol–water partition coefficient (Wildman–Crippen LogP) is 6.17. The number of anilines is 3. The Morgan fingerprint density at radius 1 is 1.00 bits per heavy atom. The molecule has 5 aromatic rings. The summed E-state index contributed by atoms with van der Waals surface area (Å²) in [5.74, 6) is 0.512. The van der Waals surface area contributed by atoms with E-state index < -0.39 is 0 Å². The maximum atomic E-state index is 13.1. The van der Waals surface area contributed by atoms with Gasteiger partial charge in [0.15, 0.2) is 0 Å². The Balaban J connectivity index is 0.851. The Morgan fingerprint density at radius 2 is 1.90 bits per heavy atom. The Morgan fingerprint density at radius 3 is 2.84 bits per heavy atom. The van der Waals surface area contributed by atoms with E-state index in [1.54, 1.807) is 6.20 Å². The number of fused-ring (bicyclic) bond motifs is 5. The molecule has 12 heteroatoms. The molecular formula is C38H42N10O2. The van der Waals surface area contributed by atoms with Gasteiger partial charge in [0.25, 0.3) is 5.91 Å². The van der Waals surface area contributed by atoms with Gasteiger partial charge in [-0.3, -0.25) is 24.7 Å². The van der Waals surface area contributed by atoms with E-state index in [4.69, 9.17) is 4.98 Å². The van der Waals surface area contributed by atoms with Crippen LogP contribution in [0.3, 0.4) is 0 Å². The third-order valence-corrected chi connectivity index (χ3v) is 10.0. The summed E-state index contributed by atoms with van der Waals surface area (Å²) in [7, 11) is 2.03. The quantitative estimate of drug-likeness (QED) is 0.161. The van der Waals surface area contributed by atoms with Crippen molar-refractivity contribution >= 4 is 40.0 Å². The van der Waals surface area contributed by atoms with Crippen LogP contribution in [0, 0.1) is 0 Å². The number of nitrogens with one attached hydrogen (secondary N) is 3. The molecule has 8 rings (SSSR count). The van der Waals surface area contributed by atoms with Gasteiger partial charge in [-0.05, 0) is 93.5 Å². The van der Waals surface area contributed by atoms with Crippen LogP contribution in [0.2, 0.25) is 0 Å². The van der Waals surface area contributed by atoms with Gasteiger partial charge in [-0.1, -0.05) is 29.5 Å². The number of nitrogens with zero attached hydrogens (tertiary/aromatic N) is 7. The van der Waals surface area contributed by atoms with Crippen molar-refractivity contribution in [3.63, 3.8) is 0 Å². The van der Waals surface area contributed by atoms with Gasteiger partial charge in [0.1, 0.15) is 5.82 Å². The molecule has 1 saturated heterocycles. The molecule has 1 fully saturated rings. The average molecular weight is 671 g/mol. The van der Waals surface area contributed by atoms with Crippen LogP contribution in [0.5, 0.6) is 0 Å². The van der Waals surface area contributed by atoms with E-state index in [0.29, 0.717) is 36.7 Å². The Kier molecular flexibility index (Phi) is 8.84. The van der Waals surface area contributed by atoms with Crippen LogP contribution in [0.15, 0.2) is 67.0 Å². The molecular weight excluding hydrogens is 628 g/mol. The number of carbonyl (C=O) groups is 2. The van der Waals surface area contributed by atoms with Crippen molar-refractivity contribution in [2.24, 2.45) is 0 Å². The second-order valence-electron chi connectivity index (χ2n) is 13.6. The number of hydrogen-bond acceptors (Lipinski definition) is 8. The topological polar surface area (TPSA) is 133 Å². The lowest BCUT2D eigenvalue weighted by molar-refractivity contribution is 0.0672. The number of hydrogen-bond donors (Lipinski definition) is 3. The first kappa shape index (κ1) is 31.9. The minimum atomic E-state index is -0.388. The number of amides is 3. The van der Waals surface area contributed by atoms with E-state index in [2.05, 4.69) is 60.4 Å². The lowest BCUT2D eigenvalue weighted by Gasteiger charge is -2.30. The van der Waals surface area contributed by atoms with Crippen molar-refractivity contribution < 1.29 is 9.59 Å². The van der Waals surface area contributed by atoms with Crippen molar-refractivity contribution in [2.75, 3.05) is 36.1 Å². The van der Waals surface area contributed by atoms with Crippen LogP contribution >= 0.6 is 0 Å². The van der Waals surface area contributed by atoms with E-state index in [0.717, 1.165) is 67.5 Å². The minimum Gasteiger partial charge on any atom is -0.382 e. The fraction of sp³-hybridized carbons (Fsp3) is 0.368. The maximum Gasteiger partial charge on any atom is 0.324 e. The molecule has 0 spiro atoms. The van der Waals surface area contributed by atoms with Gasteiger partial charge < -0.3 is 15.5 Å². The van der Waals surface area contributed by atoms with Gasteiger partial charge in [-0.15, -0.1) is 5.10 Å². The summed E-state index contributed by atoms with van der Waals surface area (Å²) in [6.07, 6.45) is 11.2. The third kappa shape index (κ3) is 6.50. The highest BCUT2D eigenvalue weighted by Gasteiger charge is 2.39. The molecule has 5 heterocycles. The lowest BCUT2D eigenvalue weighted by Crippen LogP contribution is -2.32. The number of aromatic nitrogens is 5. The standard InChI is InChI=1S/C38H42N10O2/c1-46(23-26-24-47(45-44-26)20-18-40-36-27-9-2-4-12-30(27)41-31-13-5-3-10-28(31)36)22-25-16-17-39-34(21-25)43-38(50)42-32-14-8-11-29-35(32)33-15-6-7-19-48(33)37(29)49/h2,4,8-9,11-12,14,16-17,21,24,33H,3,5-7,10,13,15,18-20,22-23H2,1H3,(H,40,41)(H2,39,42,43,50)/t33-/m0/s1. The van der Waals surface area contributed by atoms with Crippen molar-refractivity contribution in [1.29, 1.82) is 0 Å². The molecule has 1 aliphatic carbocycles. The molecule has 1 atom stereocenters. The van der Waals surface area contributed by atoms with Gasteiger partial charge >= 0.3 is 6.03 Å². The van der Waals surface area contributed by atoms with Crippen molar-refractivity contribution in [3.05, 3.63) is 101 Å². The number of piperidine rings is 1. The fourth-order valence-corrected chi connectivity index (χ4v) is 7.79. The molecule has 0 radical (unpaired) electrons. The lowest BCUT2D eigenvalue weighted by atomic mass is 9.92. The number of carbonyl (C=O) groups excluding carboxylic acids is 2. The van der Waals surface area contributed by atoms with E-state index in [9.17, 15) is 9.59 Å². The van der Waals surface area contributed by atoms with Crippen molar-refractivity contribution in [2.45, 2.75) is 70.6 Å². The van der Waals surface area contributed by atoms with Crippen LogP contribution < -0.4 is 16.0 Å². The number of rotatable bonds is 10. The normalized spacial score (nSPS) is 16.6. The van der Waals surface area contributed by atoms with E-state index in [1.807, 2.05) is 53.2 Å². The zero-order valence-electron chi connectivity index (χ0n) is 28.4. The molecule has 3 N–H and O–H groups in total. The first-order valence-electron chi connectivity index (χ1n) is 17.7. The molecule has 12 nitrogen and oxygen atoms in total. The molecule has 0 unspecified atom stereocenters. The monoisotopic (exact) mass is 670 g/mol. The van der Waals surface area contributed by atoms with E-state index >= 15 is 0 Å². The summed E-state index contributed by atoms with van der Waals surface area (Å²) in [4.78, 5) is 39.4. The number of aryl methyl sites for hydroxylation is 1. The van der Waals surface area contributed by atoms with Gasteiger partial charge in [0.2, 0.25) is 0 Å². The van der Waals surface area contributed by atoms with Crippen LogP contribution in [0.4, 0.5) is 22.0 Å². The highest BCUT2D eigenvalue weighted by molar-refractivity contribution is 6.05. The fourth-order valence-electron chi connectivity index (χ4n) is 7.79. The highest BCUT2D eigenvalue weighted by Crippen LogP contribution is 2.43. The summed E-state index contributed by atoms with van der Waals surface area (Å²) >= 11 is 0. The SMILES string of the molecule is CN(Cc1ccnc(NC(=O)Nc2cccc3c2[C@@H]2CCCCN2C3=O)c1)Cc1cn(CCNc2c3c(nc4ccccc24)CCCC3)nn1. The molecule has 2 aromatic carbocycles. The van der Waals surface area contributed by atoms with Crippen LogP contribution in [-0.2, 0) is 32.5 Å². The van der Waals surface area contributed by atoms with Crippen LogP contribution in [0.25, 0.3) is 10.9 Å². The van der Waals surface area contributed by atoms with Gasteiger partial charge in [-0.25, -0.2) is 9.78 Å². The molecule has 256 valence electrons. The summed E-state index contributed by atoms with van der Waals surface area (Å²) in [5, 5.41) is 19.6. The van der Waals surface area contributed by atoms with Crippen LogP contribution in [-0.4, -0.2) is 66.8 Å². The van der Waals surface area contributed by atoms with Crippen molar-refractivity contribution in [3.8, 4) is 0 Å². The molecule has 3 amide bonds. The molecule has 3 aromatic heterocycles. The molecule has 2 aliphatic heterocycles. The zero-order valence-corrected chi connectivity index (χ0v) is 28.4. The molecule has 50 heavy (non-hydrogen) atoms. The Hall–Kier alpha value is -5.36. The Bertz CT molecular complexity index is 2060. The largest absolute Gasteiger partial charge is 0.382 e. The minimum absolute atomic E-state index is 0.0241. The highest BCUT2D eigenvalue weighted by atomic mass is 16.2. The predicted molar refractivity (Wildman–Crippen MR) is 193 cm³/mol. The van der Waals surface area contributed by atoms with Crippen LogP contribution in [0.1, 0.15) is 76.6 Å². The van der Waals surface area contributed by atoms with Crippen molar-refractivity contribution in [1.82, 2.24) is 34.8 Å². The smallest absolute Gasteiger partial charge is 0.324 e. The molecule has 3 aliphatic rings.